The fraction of sp³-hybridized carbons (Fsp3) is 0.105. The molecule has 0 unspecified atom stereocenters. The van der Waals surface area contributed by atoms with E-state index in [4.69, 9.17) is 5.73 Å². The number of nitrogens with one attached hydrogen (secondary N) is 3. The van der Waals surface area contributed by atoms with Crippen LogP contribution in [-0.2, 0) is 6.54 Å². The summed E-state index contributed by atoms with van der Waals surface area (Å²) in [5.41, 5.74) is 12.3. The molecule has 0 saturated carbocycles. The van der Waals surface area contributed by atoms with Gasteiger partial charge in [0.05, 0.1) is 0 Å². The maximum Gasteiger partial charge on any atom is 0.256 e. The van der Waals surface area contributed by atoms with Crippen molar-refractivity contribution in [1.82, 2.24) is 10.2 Å². The molecular formula is C19H22N6O3. The number of H-pyrrole nitrogens is 1. The van der Waals surface area contributed by atoms with Crippen molar-refractivity contribution in [3.63, 3.8) is 0 Å². The van der Waals surface area contributed by atoms with Gasteiger partial charge in [0.25, 0.3) is 5.91 Å². The van der Waals surface area contributed by atoms with Crippen molar-refractivity contribution >= 4 is 29.5 Å². The third kappa shape index (κ3) is 5.08. The maximum atomic E-state index is 11.9. The molecule has 0 aliphatic heterocycles. The number of hydrogen-bond donors (Lipinski definition) is 6. The van der Waals surface area contributed by atoms with Gasteiger partial charge >= 0.3 is 0 Å². The van der Waals surface area contributed by atoms with Gasteiger partial charge in [-0.1, -0.05) is 12.1 Å². The fourth-order valence-corrected chi connectivity index (χ4v) is 2.39. The fourth-order valence-electron chi connectivity index (χ4n) is 2.39. The summed E-state index contributed by atoms with van der Waals surface area (Å²) in [7, 11) is 1.50. The summed E-state index contributed by atoms with van der Waals surface area (Å²) in [5, 5.41) is 22.2. The molecule has 3 rings (SSSR count). The van der Waals surface area contributed by atoms with Crippen LogP contribution in [0, 0.1) is 0 Å². The second-order valence-corrected chi connectivity index (χ2v) is 5.57. The van der Waals surface area contributed by atoms with Crippen LogP contribution in [0.5, 0.6) is 5.75 Å². The van der Waals surface area contributed by atoms with Crippen LogP contribution < -0.4 is 22.1 Å². The van der Waals surface area contributed by atoms with Gasteiger partial charge in [0, 0.05) is 17.8 Å². The molecule has 9 nitrogen and oxygen atoms in total. The normalized spacial score (nSPS) is 9.79. The quantitative estimate of drug-likeness (QED) is 0.341. The molecule has 8 N–H and O–H groups in total. The Balaban J connectivity index is 0.00000136. The molecule has 0 fully saturated rings. The molecule has 146 valence electrons. The van der Waals surface area contributed by atoms with Crippen molar-refractivity contribution in [1.29, 1.82) is 0 Å². The monoisotopic (exact) mass is 382 g/mol. The lowest BCUT2D eigenvalue weighted by molar-refractivity contribution is 0.100. The van der Waals surface area contributed by atoms with Crippen molar-refractivity contribution in [2.24, 2.45) is 11.5 Å². The predicted molar refractivity (Wildman–Crippen MR) is 108 cm³/mol. The number of aldehydes is 1. The molecule has 1 amide bonds. The molecule has 0 bridgehead atoms. The summed E-state index contributed by atoms with van der Waals surface area (Å²) in [6.45, 7) is 0.402. The van der Waals surface area contributed by atoms with E-state index in [0.717, 1.165) is 11.8 Å². The van der Waals surface area contributed by atoms with Crippen LogP contribution in [0.1, 0.15) is 26.3 Å². The predicted octanol–water partition coefficient (Wildman–Crippen LogP) is 1.96. The molecule has 1 aromatic heterocycles. The number of amides is 1. The number of rotatable bonds is 7. The number of carbonyl (C=O) groups is 2. The topological polar surface area (TPSA) is 159 Å². The molecule has 0 saturated heterocycles. The highest BCUT2D eigenvalue weighted by molar-refractivity contribution is 6.03. The molecule has 3 aromatic rings. The Bertz CT molecular complexity index is 920. The second kappa shape index (κ2) is 9.74. The van der Waals surface area contributed by atoms with E-state index in [1.165, 1.54) is 7.05 Å². The van der Waals surface area contributed by atoms with Gasteiger partial charge in [-0.15, -0.1) is 0 Å². The van der Waals surface area contributed by atoms with Crippen molar-refractivity contribution in [3.05, 3.63) is 65.2 Å². The minimum atomic E-state index is -0.640. The number of aromatic nitrogens is 2. The average Bonchev–Trinajstić information content (AvgIpc) is 3.12. The number of carbonyl (C=O) groups excluding carboxylic acids is 2. The zero-order valence-corrected chi connectivity index (χ0v) is 15.3. The van der Waals surface area contributed by atoms with Crippen LogP contribution in [0.25, 0.3) is 0 Å². The van der Waals surface area contributed by atoms with Gasteiger partial charge in [-0.2, -0.15) is 5.10 Å². The number of nitrogens with zero attached hydrogens (tertiary/aromatic N) is 1. The lowest BCUT2D eigenvalue weighted by Gasteiger charge is -2.07. The number of aromatic hydroxyl groups is 1. The van der Waals surface area contributed by atoms with Crippen LogP contribution >= 0.6 is 0 Å². The third-order valence-electron chi connectivity index (χ3n) is 3.73. The van der Waals surface area contributed by atoms with E-state index in [9.17, 15) is 14.7 Å². The minimum absolute atomic E-state index is 0.179. The SMILES string of the molecule is CN.NC(=O)c1c(NCc2ccc(O)cc2)n[nH]c1Nc1ccc(C=O)cc1. The first-order valence-electron chi connectivity index (χ1n) is 8.37. The number of nitrogens with two attached hydrogens (primary N) is 2. The maximum absolute atomic E-state index is 11.9. The number of phenols is 1. The van der Waals surface area contributed by atoms with Gasteiger partial charge in [-0.3, -0.25) is 14.7 Å². The molecule has 28 heavy (non-hydrogen) atoms. The summed E-state index contributed by atoms with van der Waals surface area (Å²) in [6, 6.07) is 13.4. The highest BCUT2D eigenvalue weighted by Crippen LogP contribution is 2.25. The van der Waals surface area contributed by atoms with E-state index in [-0.39, 0.29) is 11.3 Å². The van der Waals surface area contributed by atoms with E-state index in [1.54, 1.807) is 48.5 Å². The number of benzene rings is 2. The van der Waals surface area contributed by atoms with Crippen LogP contribution in [0.4, 0.5) is 17.3 Å². The minimum Gasteiger partial charge on any atom is -0.508 e. The number of primary amides is 1. The second-order valence-electron chi connectivity index (χ2n) is 5.57. The lowest BCUT2D eigenvalue weighted by Crippen LogP contribution is -2.15. The Morgan fingerprint density at radius 2 is 1.79 bits per heavy atom. The Morgan fingerprint density at radius 1 is 1.14 bits per heavy atom. The Morgan fingerprint density at radius 3 is 2.36 bits per heavy atom. The van der Waals surface area contributed by atoms with Crippen molar-refractivity contribution in [2.75, 3.05) is 17.7 Å². The average molecular weight is 382 g/mol. The largest absolute Gasteiger partial charge is 0.508 e. The summed E-state index contributed by atoms with van der Waals surface area (Å²) < 4.78 is 0. The van der Waals surface area contributed by atoms with Gasteiger partial charge in [0.2, 0.25) is 0 Å². The lowest BCUT2D eigenvalue weighted by atomic mass is 10.2. The highest BCUT2D eigenvalue weighted by atomic mass is 16.3. The molecule has 0 atom stereocenters. The standard InChI is InChI=1S/C18H17N5O3.CH5N/c19-16(26)15-17(20-9-11-3-7-14(25)8-4-11)22-23-18(15)21-13-5-1-12(10-24)2-6-13;1-2/h1-8,10,25H,9H2,(H2,19,26)(H3,20,21,22,23);2H2,1H3. The van der Waals surface area contributed by atoms with E-state index in [1.807, 2.05) is 0 Å². The molecule has 0 aliphatic carbocycles. The smallest absolute Gasteiger partial charge is 0.256 e. The van der Waals surface area contributed by atoms with Crippen LogP contribution in [0.15, 0.2) is 48.5 Å². The van der Waals surface area contributed by atoms with E-state index < -0.39 is 5.91 Å². The van der Waals surface area contributed by atoms with Crippen molar-refractivity contribution < 1.29 is 14.7 Å². The van der Waals surface area contributed by atoms with Crippen LogP contribution in [-0.4, -0.2) is 34.5 Å². The van der Waals surface area contributed by atoms with Gasteiger partial charge in [0.15, 0.2) is 5.82 Å². The number of aromatic amines is 1. The van der Waals surface area contributed by atoms with E-state index >= 15 is 0 Å². The summed E-state index contributed by atoms with van der Waals surface area (Å²) in [4.78, 5) is 22.6. The summed E-state index contributed by atoms with van der Waals surface area (Å²) >= 11 is 0. The van der Waals surface area contributed by atoms with Crippen molar-refractivity contribution in [2.45, 2.75) is 6.54 Å². The molecular weight excluding hydrogens is 360 g/mol. The number of hydrogen-bond acceptors (Lipinski definition) is 7. The molecule has 0 aliphatic rings. The first-order chi connectivity index (χ1) is 13.6. The van der Waals surface area contributed by atoms with Crippen LogP contribution in [0.2, 0.25) is 0 Å². The zero-order chi connectivity index (χ0) is 20.5. The molecule has 1 heterocycles. The van der Waals surface area contributed by atoms with Gasteiger partial charge < -0.3 is 27.2 Å². The first-order valence-corrected chi connectivity index (χ1v) is 8.37. The Hall–Kier alpha value is -3.85. The summed E-state index contributed by atoms with van der Waals surface area (Å²) in [6.07, 6.45) is 0.750. The molecule has 9 heteroatoms. The van der Waals surface area contributed by atoms with Gasteiger partial charge in [0.1, 0.15) is 23.4 Å². The Labute approximate surface area is 161 Å². The number of anilines is 3. The van der Waals surface area contributed by atoms with Crippen molar-refractivity contribution in [3.8, 4) is 5.75 Å². The summed E-state index contributed by atoms with van der Waals surface area (Å²) in [5.74, 6) is 0.208. The zero-order valence-electron chi connectivity index (χ0n) is 15.3. The molecule has 0 spiro atoms. The first kappa shape index (κ1) is 20.5. The van der Waals surface area contributed by atoms with Gasteiger partial charge in [-0.05, 0) is 49.0 Å². The Kier molecular flexibility index (Phi) is 7.12. The van der Waals surface area contributed by atoms with E-state index in [2.05, 4.69) is 26.6 Å². The molecule has 2 aromatic carbocycles. The highest BCUT2D eigenvalue weighted by Gasteiger charge is 2.18. The van der Waals surface area contributed by atoms with Crippen LogP contribution in [0.3, 0.4) is 0 Å². The third-order valence-corrected chi connectivity index (χ3v) is 3.73. The van der Waals surface area contributed by atoms with E-state index in [0.29, 0.717) is 29.4 Å². The number of phenolic OH excluding ortho intramolecular Hbond substituents is 1. The van der Waals surface area contributed by atoms with Gasteiger partial charge in [-0.25, -0.2) is 0 Å². The molecule has 0 radical (unpaired) electrons.